The van der Waals surface area contributed by atoms with Gasteiger partial charge in [0.25, 0.3) is 0 Å². The van der Waals surface area contributed by atoms with Crippen LogP contribution in [0.5, 0.6) is 0 Å². The highest BCUT2D eigenvalue weighted by Crippen LogP contribution is 2.04. The van der Waals surface area contributed by atoms with Crippen molar-refractivity contribution >= 4 is 18.3 Å². The first-order valence-corrected chi connectivity index (χ1v) is 6.90. The molecule has 0 fully saturated rings. The molecule has 0 spiro atoms. The molecular weight excluding hydrogens is 298 g/mol. The molecule has 0 saturated heterocycles. The molecule has 0 aliphatic carbocycles. The molecule has 0 saturated carbocycles. The van der Waals surface area contributed by atoms with Crippen LogP contribution in [0, 0.1) is 6.92 Å². The van der Waals surface area contributed by atoms with Gasteiger partial charge in [-0.25, -0.2) is 19.9 Å². The number of hydrazone groups is 1. The van der Waals surface area contributed by atoms with Gasteiger partial charge in [-0.2, -0.15) is 5.10 Å². The number of benzene rings is 1. The quantitative estimate of drug-likeness (QED) is 0.694. The summed E-state index contributed by atoms with van der Waals surface area (Å²) in [7, 11) is 1.30. The van der Waals surface area contributed by atoms with Gasteiger partial charge in [-0.15, -0.1) is 0 Å². The molecule has 1 N–H and O–H groups in total. The second kappa shape index (κ2) is 7.79. The standard InChI is InChI=1S/C16H17N3O4/c1-12-8-9-14(23-12)10-17-18-15(20)19(2)16(21)22-11-13-6-4-3-5-7-13/h3-10H,11H2,1-2H3,(H,18,20)/b17-10+. The van der Waals surface area contributed by atoms with E-state index in [1.54, 1.807) is 19.1 Å². The van der Waals surface area contributed by atoms with E-state index >= 15 is 0 Å². The van der Waals surface area contributed by atoms with Crippen LogP contribution in [-0.4, -0.2) is 30.3 Å². The lowest BCUT2D eigenvalue weighted by Crippen LogP contribution is -2.39. The van der Waals surface area contributed by atoms with Crippen molar-refractivity contribution in [3.8, 4) is 0 Å². The van der Waals surface area contributed by atoms with Crippen LogP contribution in [0.15, 0.2) is 52.0 Å². The molecule has 0 atom stereocenters. The van der Waals surface area contributed by atoms with E-state index in [2.05, 4.69) is 10.5 Å². The van der Waals surface area contributed by atoms with Gasteiger partial charge in [-0.1, -0.05) is 30.3 Å². The Labute approximate surface area is 133 Å². The van der Waals surface area contributed by atoms with E-state index in [1.165, 1.54) is 13.3 Å². The van der Waals surface area contributed by atoms with Gasteiger partial charge in [-0.3, -0.25) is 0 Å². The predicted molar refractivity (Wildman–Crippen MR) is 84.0 cm³/mol. The Morgan fingerprint density at radius 3 is 2.65 bits per heavy atom. The van der Waals surface area contributed by atoms with Crippen LogP contribution in [-0.2, 0) is 11.3 Å². The number of rotatable bonds is 4. The first kappa shape index (κ1) is 16.3. The number of aryl methyl sites for hydroxylation is 1. The Balaban J connectivity index is 1.79. The van der Waals surface area contributed by atoms with Gasteiger partial charge in [0, 0.05) is 7.05 Å². The molecule has 0 aliphatic heterocycles. The van der Waals surface area contributed by atoms with E-state index in [0.717, 1.165) is 16.2 Å². The molecular formula is C16H17N3O4. The summed E-state index contributed by atoms with van der Waals surface area (Å²) >= 11 is 0. The van der Waals surface area contributed by atoms with Gasteiger partial charge in [0.1, 0.15) is 18.1 Å². The fourth-order valence-electron chi connectivity index (χ4n) is 1.65. The summed E-state index contributed by atoms with van der Waals surface area (Å²) in [4.78, 5) is 24.3. The zero-order valence-corrected chi connectivity index (χ0v) is 12.9. The van der Waals surface area contributed by atoms with Crippen LogP contribution in [0.3, 0.4) is 0 Å². The topological polar surface area (TPSA) is 84.1 Å². The predicted octanol–water partition coefficient (Wildman–Crippen LogP) is 2.90. The van der Waals surface area contributed by atoms with Crippen LogP contribution >= 0.6 is 0 Å². The molecule has 1 aromatic carbocycles. The summed E-state index contributed by atoms with van der Waals surface area (Å²) < 4.78 is 10.3. The van der Waals surface area contributed by atoms with E-state index in [4.69, 9.17) is 9.15 Å². The molecule has 23 heavy (non-hydrogen) atoms. The second-order valence-electron chi connectivity index (χ2n) is 4.72. The first-order valence-electron chi connectivity index (χ1n) is 6.90. The van der Waals surface area contributed by atoms with Crippen molar-refractivity contribution in [2.75, 3.05) is 7.05 Å². The van der Waals surface area contributed by atoms with Crippen LogP contribution in [0.1, 0.15) is 17.1 Å². The van der Waals surface area contributed by atoms with Crippen LogP contribution < -0.4 is 5.43 Å². The summed E-state index contributed by atoms with van der Waals surface area (Å²) in [6, 6.07) is 12.0. The fourth-order valence-corrected chi connectivity index (χ4v) is 1.65. The maximum atomic E-state index is 11.8. The molecule has 120 valence electrons. The minimum atomic E-state index is -0.768. The van der Waals surface area contributed by atoms with E-state index in [9.17, 15) is 9.59 Å². The molecule has 7 heteroatoms. The SMILES string of the molecule is Cc1ccc(/C=N/NC(=O)N(C)C(=O)OCc2ccccc2)o1. The molecule has 7 nitrogen and oxygen atoms in total. The summed E-state index contributed by atoms with van der Waals surface area (Å²) in [5.41, 5.74) is 3.05. The number of carbonyl (C=O) groups excluding carboxylic acids is 2. The third-order valence-corrected chi connectivity index (χ3v) is 2.90. The number of nitrogens with zero attached hydrogens (tertiary/aromatic N) is 2. The van der Waals surface area contributed by atoms with Crippen molar-refractivity contribution in [1.82, 2.24) is 10.3 Å². The number of ether oxygens (including phenoxy) is 1. The van der Waals surface area contributed by atoms with Gasteiger partial charge in [0.15, 0.2) is 0 Å². The number of urea groups is 1. The monoisotopic (exact) mass is 315 g/mol. The molecule has 0 bridgehead atoms. The molecule has 0 unspecified atom stereocenters. The molecule has 2 rings (SSSR count). The number of amides is 3. The second-order valence-corrected chi connectivity index (χ2v) is 4.72. The molecule has 3 amide bonds. The largest absolute Gasteiger partial charge is 0.460 e. The average Bonchev–Trinajstić information content (AvgIpc) is 2.98. The number of imide groups is 1. The Hall–Kier alpha value is -3.09. The third-order valence-electron chi connectivity index (χ3n) is 2.90. The maximum absolute atomic E-state index is 11.8. The maximum Gasteiger partial charge on any atom is 0.418 e. The average molecular weight is 315 g/mol. The third kappa shape index (κ3) is 4.99. The molecule has 0 radical (unpaired) electrons. The van der Waals surface area contributed by atoms with Gasteiger partial charge >= 0.3 is 12.1 Å². The Morgan fingerprint density at radius 1 is 1.26 bits per heavy atom. The van der Waals surface area contributed by atoms with Crippen molar-refractivity contribution in [3.05, 3.63) is 59.5 Å². The van der Waals surface area contributed by atoms with Gasteiger partial charge in [-0.05, 0) is 24.6 Å². The van der Waals surface area contributed by atoms with Gasteiger partial charge < -0.3 is 9.15 Å². The summed E-state index contributed by atoms with van der Waals surface area (Å²) in [6.07, 6.45) is 0.573. The number of carbonyl (C=O) groups is 2. The van der Waals surface area contributed by atoms with Crippen molar-refractivity contribution < 1.29 is 18.7 Å². The minimum Gasteiger partial charge on any atom is -0.460 e. The van der Waals surface area contributed by atoms with E-state index in [0.29, 0.717) is 5.76 Å². The Kier molecular flexibility index (Phi) is 5.51. The lowest BCUT2D eigenvalue weighted by Gasteiger charge is -2.14. The molecule has 1 heterocycles. The fraction of sp³-hybridized carbons (Fsp3) is 0.188. The summed E-state index contributed by atoms with van der Waals surface area (Å²) in [5, 5.41) is 3.71. The molecule has 2 aromatic rings. The lowest BCUT2D eigenvalue weighted by atomic mass is 10.2. The van der Waals surface area contributed by atoms with Crippen molar-refractivity contribution in [2.45, 2.75) is 13.5 Å². The zero-order valence-electron chi connectivity index (χ0n) is 12.9. The Morgan fingerprint density at radius 2 is 2.00 bits per heavy atom. The van der Waals surface area contributed by atoms with E-state index < -0.39 is 12.1 Å². The summed E-state index contributed by atoms with van der Waals surface area (Å²) in [6.45, 7) is 1.89. The first-order chi connectivity index (χ1) is 11.1. The van der Waals surface area contributed by atoms with Gasteiger partial charge in [0.2, 0.25) is 0 Å². The Bertz CT molecular complexity index is 694. The van der Waals surface area contributed by atoms with Crippen molar-refractivity contribution in [1.29, 1.82) is 0 Å². The van der Waals surface area contributed by atoms with Crippen molar-refractivity contribution in [2.24, 2.45) is 5.10 Å². The number of furan rings is 1. The van der Waals surface area contributed by atoms with E-state index in [-0.39, 0.29) is 6.61 Å². The number of hydrogen-bond donors (Lipinski definition) is 1. The zero-order chi connectivity index (χ0) is 16.7. The lowest BCUT2D eigenvalue weighted by molar-refractivity contribution is 0.111. The molecule has 0 aliphatic rings. The highest BCUT2D eigenvalue weighted by Gasteiger charge is 2.17. The smallest absolute Gasteiger partial charge is 0.418 e. The number of hydrogen-bond acceptors (Lipinski definition) is 5. The van der Waals surface area contributed by atoms with Crippen LogP contribution in [0.4, 0.5) is 9.59 Å². The number of nitrogens with one attached hydrogen (secondary N) is 1. The van der Waals surface area contributed by atoms with Gasteiger partial charge in [0.05, 0.1) is 6.21 Å². The highest BCUT2D eigenvalue weighted by molar-refractivity contribution is 5.91. The van der Waals surface area contributed by atoms with Crippen LogP contribution in [0.2, 0.25) is 0 Å². The highest BCUT2D eigenvalue weighted by atomic mass is 16.6. The van der Waals surface area contributed by atoms with E-state index in [1.807, 2.05) is 30.3 Å². The minimum absolute atomic E-state index is 0.0895. The van der Waals surface area contributed by atoms with Crippen molar-refractivity contribution in [3.63, 3.8) is 0 Å². The molecule has 1 aromatic heterocycles. The van der Waals surface area contributed by atoms with Crippen LogP contribution in [0.25, 0.3) is 0 Å². The summed E-state index contributed by atoms with van der Waals surface area (Å²) in [5.74, 6) is 1.23. The normalized spacial score (nSPS) is 10.5.